The number of halogens is 1. The number of methoxy groups -OCH3 is 1. The Hall–Kier alpha value is -2.38. The predicted octanol–water partition coefficient (Wildman–Crippen LogP) is 3.43. The zero-order chi connectivity index (χ0) is 19.1. The summed E-state index contributed by atoms with van der Waals surface area (Å²) in [5.41, 5.74) is 1.67. The number of carbonyl (C=O) groups excluding carboxylic acids is 2. The Bertz CT molecular complexity index is 776. The number of amides is 2. The second-order valence-corrected chi connectivity index (χ2v) is 6.57. The maximum Gasteiger partial charge on any atom is 0.255 e. The highest BCUT2D eigenvalue weighted by molar-refractivity contribution is 9.10. The van der Waals surface area contributed by atoms with Gasteiger partial charge < -0.3 is 19.7 Å². The number of anilines is 1. The molecule has 26 heavy (non-hydrogen) atoms. The fraction of sp³-hybridized carbons (Fsp3) is 0.263. The first-order chi connectivity index (χ1) is 12.4. The lowest BCUT2D eigenvalue weighted by atomic mass is 10.1. The highest BCUT2D eigenvalue weighted by Gasteiger charge is 2.11. The summed E-state index contributed by atoms with van der Waals surface area (Å²) in [6.45, 7) is 0.916. The molecule has 0 radical (unpaired) electrons. The largest absolute Gasteiger partial charge is 0.490 e. The topological polar surface area (TPSA) is 67.9 Å². The third kappa shape index (κ3) is 5.31. The monoisotopic (exact) mass is 420 g/mol. The van der Waals surface area contributed by atoms with E-state index in [0.717, 1.165) is 0 Å². The summed E-state index contributed by atoms with van der Waals surface area (Å²) in [7, 11) is 4.99. The summed E-state index contributed by atoms with van der Waals surface area (Å²) >= 11 is 3.40. The van der Waals surface area contributed by atoms with Crippen molar-refractivity contribution in [3.63, 3.8) is 0 Å². The molecule has 2 aromatic rings. The molecule has 0 fully saturated rings. The van der Waals surface area contributed by atoms with Crippen LogP contribution >= 0.6 is 15.9 Å². The number of ether oxygens (including phenoxy) is 2. The quantitative estimate of drug-likeness (QED) is 0.696. The Morgan fingerprint density at radius 3 is 2.27 bits per heavy atom. The Labute approximate surface area is 161 Å². The molecule has 2 amide bonds. The molecule has 0 atom stereocenters. The number of carbonyl (C=O) groups is 2. The number of nitrogens with zero attached hydrogens (tertiary/aromatic N) is 1. The van der Waals surface area contributed by atoms with Crippen LogP contribution in [0.5, 0.6) is 5.75 Å². The minimum absolute atomic E-state index is 0.0872. The standard InChI is InChI=1S/C19H21BrN2O4/c1-22(2)19(24)13-4-7-15(8-5-13)21-18(23)14-6-9-17(16(20)12-14)26-11-10-25-3/h4-9,12H,10-11H2,1-3H3,(H,21,23). The highest BCUT2D eigenvalue weighted by Crippen LogP contribution is 2.26. The van der Waals surface area contributed by atoms with Gasteiger partial charge in [-0.1, -0.05) is 0 Å². The summed E-state index contributed by atoms with van der Waals surface area (Å²) in [5.74, 6) is 0.307. The predicted molar refractivity (Wildman–Crippen MR) is 104 cm³/mol. The van der Waals surface area contributed by atoms with E-state index in [1.807, 2.05) is 0 Å². The maximum atomic E-state index is 12.4. The zero-order valence-electron chi connectivity index (χ0n) is 14.9. The molecule has 0 aliphatic rings. The van der Waals surface area contributed by atoms with Gasteiger partial charge in [-0.2, -0.15) is 0 Å². The number of hydrogen-bond acceptors (Lipinski definition) is 4. The molecule has 2 aromatic carbocycles. The lowest BCUT2D eigenvalue weighted by Gasteiger charge is -2.12. The Kier molecular flexibility index (Phi) is 7.17. The lowest BCUT2D eigenvalue weighted by molar-refractivity contribution is 0.0827. The fourth-order valence-electron chi connectivity index (χ4n) is 2.15. The van der Waals surface area contributed by atoms with Crippen molar-refractivity contribution in [2.24, 2.45) is 0 Å². The molecule has 138 valence electrons. The highest BCUT2D eigenvalue weighted by atomic mass is 79.9. The van der Waals surface area contributed by atoms with Crippen LogP contribution in [0.2, 0.25) is 0 Å². The van der Waals surface area contributed by atoms with Crippen molar-refractivity contribution >= 4 is 33.4 Å². The van der Waals surface area contributed by atoms with Crippen LogP contribution in [0.15, 0.2) is 46.9 Å². The smallest absolute Gasteiger partial charge is 0.255 e. The molecule has 0 spiro atoms. The normalized spacial score (nSPS) is 10.3. The van der Waals surface area contributed by atoms with E-state index in [4.69, 9.17) is 9.47 Å². The molecule has 0 heterocycles. The molecule has 0 saturated carbocycles. The van der Waals surface area contributed by atoms with Crippen LogP contribution in [0.1, 0.15) is 20.7 Å². The molecule has 0 bridgehead atoms. The Morgan fingerprint density at radius 2 is 1.69 bits per heavy atom. The molecule has 0 aliphatic carbocycles. The summed E-state index contributed by atoms with van der Waals surface area (Å²) in [5, 5.41) is 2.81. The third-order valence-corrected chi connectivity index (χ3v) is 4.15. The van der Waals surface area contributed by atoms with Gasteiger partial charge in [-0.15, -0.1) is 0 Å². The lowest BCUT2D eigenvalue weighted by Crippen LogP contribution is -2.21. The van der Waals surface area contributed by atoms with Crippen molar-refractivity contribution in [2.45, 2.75) is 0 Å². The average molecular weight is 421 g/mol. The molecule has 1 N–H and O–H groups in total. The van der Waals surface area contributed by atoms with Crippen LogP contribution in [-0.4, -0.2) is 51.1 Å². The van der Waals surface area contributed by atoms with E-state index in [1.165, 1.54) is 4.90 Å². The third-order valence-electron chi connectivity index (χ3n) is 3.53. The van der Waals surface area contributed by atoms with E-state index in [0.29, 0.717) is 40.3 Å². The number of nitrogens with one attached hydrogen (secondary N) is 1. The van der Waals surface area contributed by atoms with Crippen molar-refractivity contribution in [3.8, 4) is 5.75 Å². The molecule has 0 aliphatic heterocycles. The van der Waals surface area contributed by atoms with Gasteiger partial charge in [-0.3, -0.25) is 9.59 Å². The van der Waals surface area contributed by atoms with Crippen molar-refractivity contribution in [1.29, 1.82) is 0 Å². The number of rotatable bonds is 7. The molecule has 0 unspecified atom stereocenters. The molecule has 6 nitrogen and oxygen atoms in total. The Balaban J connectivity index is 2.03. The fourth-order valence-corrected chi connectivity index (χ4v) is 2.64. The van der Waals surface area contributed by atoms with Gasteiger partial charge >= 0.3 is 0 Å². The van der Waals surface area contributed by atoms with Crippen molar-refractivity contribution < 1.29 is 19.1 Å². The van der Waals surface area contributed by atoms with E-state index in [9.17, 15) is 9.59 Å². The summed E-state index contributed by atoms with van der Waals surface area (Å²) in [6.07, 6.45) is 0. The van der Waals surface area contributed by atoms with Crippen molar-refractivity contribution in [3.05, 3.63) is 58.1 Å². The van der Waals surface area contributed by atoms with Gasteiger partial charge in [-0.05, 0) is 58.4 Å². The van der Waals surface area contributed by atoms with Gasteiger partial charge in [0.1, 0.15) is 12.4 Å². The van der Waals surface area contributed by atoms with Gasteiger partial charge in [-0.25, -0.2) is 0 Å². The van der Waals surface area contributed by atoms with E-state index in [2.05, 4.69) is 21.2 Å². The van der Waals surface area contributed by atoms with Crippen molar-refractivity contribution in [2.75, 3.05) is 39.7 Å². The summed E-state index contributed by atoms with van der Waals surface area (Å²) in [4.78, 5) is 25.8. The first-order valence-corrected chi connectivity index (χ1v) is 8.76. The molecular weight excluding hydrogens is 400 g/mol. The van der Waals surface area contributed by atoms with Crippen molar-refractivity contribution in [1.82, 2.24) is 4.90 Å². The average Bonchev–Trinajstić information content (AvgIpc) is 2.63. The molecule has 0 aromatic heterocycles. The van der Waals surface area contributed by atoms with Gasteiger partial charge in [0.2, 0.25) is 0 Å². The minimum Gasteiger partial charge on any atom is -0.490 e. The summed E-state index contributed by atoms with van der Waals surface area (Å²) < 4.78 is 11.2. The van der Waals surface area contributed by atoms with Crippen LogP contribution < -0.4 is 10.1 Å². The maximum absolute atomic E-state index is 12.4. The van der Waals surface area contributed by atoms with E-state index in [1.54, 1.807) is 63.7 Å². The van der Waals surface area contributed by atoms with Crippen LogP contribution in [0.25, 0.3) is 0 Å². The first kappa shape index (κ1) is 19.9. The molecule has 7 heteroatoms. The molecule has 0 saturated heterocycles. The first-order valence-electron chi connectivity index (χ1n) is 7.96. The zero-order valence-corrected chi connectivity index (χ0v) is 16.5. The van der Waals surface area contributed by atoms with Crippen LogP contribution in [-0.2, 0) is 4.74 Å². The van der Waals surface area contributed by atoms with Gasteiger partial charge in [0.15, 0.2) is 0 Å². The van der Waals surface area contributed by atoms with Crippen LogP contribution in [0, 0.1) is 0 Å². The second-order valence-electron chi connectivity index (χ2n) is 5.72. The van der Waals surface area contributed by atoms with E-state index in [-0.39, 0.29) is 11.8 Å². The second kappa shape index (κ2) is 9.35. The molecular formula is C19H21BrN2O4. The van der Waals surface area contributed by atoms with E-state index < -0.39 is 0 Å². The SMILES string of the molecule is COCCOc1ccc(C(=O)Nc2ccc(C(=O)N(C)C)cc2)cc1Br. The van der Waals surface area contributed by atoms with Gasteiger partial charge in [0.05, 0.1) is 11.1 Å². The van der Waals surface area contributed by atoms with Crippen LogP contribution in [0.4, 0.5) is 5.69 Å². The summed E-state index contributed by atoms with van der Waals surface area (Å²) in [6, 6.07) is 11.9. The molecule has 2 rings (SSSR count). The Morgan fingerprint density at radius 1 is 1.04 bits per heavy atom. The van der Waals surface area contributed by atoms with Gasteiger partial charge in [0.25, 0.3) is 11.8 Å². The number of benzene rings is 2. The number of hydrogen-bond donors (Lipinski definition) is 1. The van der Waals surface area contributed by atoms with Gasteiger partial charge in [0, 0.05) is 38.0 Å². The van der Waals surface area contributed by atoms with E-state index >= 15 is 0 Å². The van der Waals surface area contributed by atoms with Crippen LogP contribution in [0.3, 0.4) is 0 Å². The minimum atomic E-state index is -0.249.